The highest BCUT2D eigenvalue weighted by molar-refractivity contribution is 6.83. The topological polar surface area (TPSA) is 44.8 Å². The molecule has 0 aliphatic heterocycles. The molecule has 0 radical (unpaired) electrons. The van der Waals surface area contributed by atoms with E-state index in [1.165, 1.54) is 12.8 Å². The van der Waals surface area contributed by atoms with Crippen LogP contribution in [0.3, 0.4) is 0 Å². The molecule has 1 aromatic rings. The lowest BCUT2D eigenvalue weighted by Crippen LogP contribution is -2.39. The van der Waals surface area contributed by atoms with E-state index in [2.05, 4.69) is 31.1 Å². The number of aryl methyl sites for hydroxylation is 1. The van der Waals surface area contributed by atoms with Crippen LogP contribution in [0, 0.1) is 23.8 Å². The van der Waals surface area contributed by atoms with Crippen LogP contribution in [-0.2, 0) is 9.53 Å². The zero-order valence-corrected chi connectivity index (χ0v) is 19.4. The molecule has 0 heterocycles. The Morgan fingerprint density at radius 3 is 2.46 bits per heavy atom. The van der Waals surface area contributed by atoms with Gasteiger partial charge < -0.3 is 14.2 Å². The maximum atomic E-state index is 12.0. The number of rotatable bonds is 8. The Balaban J connectivity index is 1.95. The zero-order chi connectivity index (χ0) is 21.0. The average Bonchev–Trinajstić information content (AvgIpc) is 3.34. The van der Waals surface area contributed by atoms with Gasteiger partial charge in [0.25, 0.3) is 0 Å². The van der Waals surface area contributed by atoms with Crippen LogP contribution in [-0.4, -0.2) is 32.9 Å². The van der Waals surface area contributed by atoms with E-state index < -0.39 is 13.7 Å². The van der Waals surface area contributed by atoms with Gasteiger partial charge in [0.05, 0.1) is 13.2 Å². The van der Waals surface area contributed by atoms with Crippen LogP contribution >= 0.6 is 0 Å². The van der Waals surface area contributed by atoms with Gasteiger partial charge in [-0.25, -0.2) is 4.79 Å². The minimum absolute atomic E-state index is 0.224. The molecule has 1 aromatic carbocycles. The van der Waals surface area contributed by atoms with Gasteiger partial charge in [0, 0.05) is 11.8 Å². The quantitative estimate of drug-likeness (QED) is 0.343. The molecule has 1 saturated carbocycles. The first kappa shape index (κ1) is 22.4. The first-order valence-corrected chi connectivity index (χ1v) is 13.6. The van der Waals surface area contributed by atoms with Crippen LogP contribution in [0.5, 0.6) is 11.5 Å². The molecule has 0 N–H and O–H groups in total. The van der Waals surface area contributed by atoms with E-state index in [1.807, 2.05) is 25.1 Å². The van der Waals surface area contributed by atoms with Crippen molar-refractivity contribution in [2.75, 3.05) is 13.2 Å². The molecular formula is C23H34O4Si. The van der Waals surface area contributed by atoms with Gasteiger partial charge in [0.2, 0.25) is 0 Å². The van der Waals surface area contributed by atoms with Gasteiger partial charge in [0.15, 0.2) is 5.60 Å². The van der Waals surface area contributed by atoms with Crippen molar-refractivity contribution in [3.05, 3.63) is 23.8 Å². The lowest BCUT2D eigenvalue weighted by Gasteiger charge is -2.25. The number of ether oxygens (including phenoxy) is 3. The zero-order valence-electron chi connectivity index (χ0n) is 18.4. The molecule has 154 valence electrons. The van der Waals surface area contributed by atoms with Crippen molar-refractivity contribution < 1.29 is 19.0 Å². The van der Waals surface area contributed by atoms with Gasteiger partial charge in [-0.1, -0.05) is 19.6 Å². The summed E-state index contributed by atoms with van der Waals surface area (Å²) >= 11 is 0. The van der Waals surface area contributed by atoms with Gasteiger partial charge in [-0.2, -0.15) is 0 Å². The van der Waals surface area contributed by atoms with E-state index >= 15 is 0 Å². The Labute approximate surface area is 171 Å². The Kier molecular flexibility index (Phi) is 6.87. The summed E-state index contributed by atoms with van der Waals surface area (Å²) in [4.78, 5) is 12.0. The van der Waals surface area contributed by atoms with Crippen LogP contribution in [0.4, 0.5) is 0 Å². The first-order chi connectivity index (χ1) is 13.0. The van der Waals surface area contributed by atoms with E-state index in [9.17, 15) is 4.79 Å². The first-order valence-electron chi connectivity index (χ1n) is 10.1. The standard InChI is InChI=1S/C23H34O4Si/c1-8-25-21(24)22(3,4)27-20-11-10-19(16-18(20)2)26-17-23(13-14-23)12-9-15-28(5,6)7/h10-11,16H,8,12-14,17H2,1-7H3. The summed E-state index contributed by atoms with van der Waals surface area (Å²) in [5.74, 6) is 4.51. The summed E-state index contributed by atoms with van der Waals surface area (Å²) in [7, 11) is -1.31. The minimum atomic E-state index is -1.31. The number of hydrogen-bond acceptors (Lipinski definition) is 4. The molecule has 0 atom stereocenters. The van der Waals surface area contributed by atoms with Gasteiger partial charge in [0.1, 0.15) is 19.6 Å². The lowest BCUT2D eigenvalue weighted by atomic mass is 10.1. The third kappa shape index (κ3) is 6.59. The van der Waals surface area contributed by atoms with Crippen molar-refractivity contribution in [2.45, 2.75) is 72.2 Å². The molecule has 2 rings (SSSR count). The highest BCUT2D eigenvalue weighted by Gasteiger charge is 2.43. The molecule has 1 aliphatic carbocycles. The maximum Gasteiger partial charge on any atom is 0.349 e. The molecule has 0 unspecified atom stereocenters. The van der Waals surface area contributed by atoms with E-state index in [4.69, 9.17) is 14.2 Å². The molecule has 0 spiro atoms. The fourth-order valence-electron chi connectivity index (χ4n) is 2.73. The Morgan fingerprint density at radius 1 is 1.25 bits per heavy atom. The third-order valence-electron chi connectivity index (χ3n) is 4.71. The fraction of sp³-hybridized carbons (Fsp3) is 0.609. The second-order valence-corrected chi connectivity index (χ2v) is 14.0. The van der Waals surface area contributed by atoms with Gasteiger partial charge in [-0.05, 0) is 64.3 Å². The van der Waals surface area contributed by atoms with Gasteiger partial charge >= 0.3 is 5.97 Å². The highest BCUT2D eigenvalue weighted by Crippen LogP contribution is 2.48. The second kappa shape index (κ2) is 8.61. The van der Waals surface area contributed by atoms with Crippen molar-refractivity contribution in [1.82, 2.24) is 0 Å². The normalized spacial score (nSPS) is 15.2. The van der Waals surface area contributed by atoms with Crippen LogP contribution in [0.25, 0.3) is 0 Å². The predicted octanol–water partition coefficient (Wildman–Crippen LogP) is 5.15. The summed E-state index contributed by atoms with van der Waals surface area (Å²) in [5.41, 5.74) is 3.57. The predicted molar refractivity (Wildman–Crippen MR) is 115 cm³/mol. The minimum Gasteiger partial charge on any atom is -0.493 e. The van der Waals surface area contributed by atoms with Crippen molar-refractivity contribution in [1.29, 1.82) is 0 Å². The number of benzene rings is 1. The lowest BCUT2D eigenvalue weighted by molar-refractivity contribution is -0.158. The summed E-state index contributed by atoms with van der Waals surface area (Å²) in [6.07, 6.45) is 3.29. The molecule has 0 saturated heterocycles. The highest BCUT2D eigenvalue weighted by atomic mass is 28.3. The van der Waals surface area contributed by atoms with E-state index in [1.54, 1.807) is 20.8 Å². The number of carbonyl (C=O) groups is 1. The van der Waals surface area contributed by atoms with Gasteiger partial charge in [-0.3, -0.25) is 0 Å². The van der Waals surface area contributed by atoms with E-state index in [-0.39, 0.29) is 11.4 Å². The van der Waals surface area contributed by atoms with Crippen LogP contribution in [0.2, 0.25) is 19.6 Å². The Morgan fingerprint density at radius 2 is 1.93 bits per heavy atom. The SMILES string of the molecule is CCOC(=O)C(C)(C)Oc1ccc(OCC2(CC#C[Si](C)(C)C)CC2)cc1C. The third-order valence-corrected chi connectivity index (χ3v) is 5.63. The average molecular weight is 403 g/mol. The molecular weight excluding hydrogens is 368 g/mol. The Bertz CT molecular complexity index is 761. The van der Waals surface area contributed by atoms with Crippen LogP contribution in [0.1, 0.15) is 45.6 Å². The number of hydrogen-bond donors (Lipinski definition) is 0. The molecule has 28 heavy (non-hydrogen) atoms. The molecule has 1 aliphatic rings. The number of esters is 1. The molecule has 0 aromatic heterocycles. The molecule has 1 fully saturated rings. The van der Waals surface area contributed by atoms with Crippen molar-refractivity contribution in [2.24, 2.45) is 5.41 Å². The van der Waals surface area contributed by atoms with Crippen molar-refractivity contribution in [3.8, 4) is 23.0 Å². The summed E-state index contributed by atoms with van der Waals surface area (Å²) in [6.45, 7) is 15.0. The second-order valence-electron chi connectivity index (χ2n) is 9.28. The van der Waals surface area contributed by atoms with E-state index in [0.717, 1.165) is 17.7 Å². The largest absolute Gasteiger partial charge is 0.493 e. The molecule has 4 nitrogen and oxygen atoms in total. The molecule has 5 heteroatoms. The van der Waals surface area contributed by atoms with Crippen molar-refractivity contribution in [3.63, 3.8) is 0 Å². The maximum absolute atomic E-state index is 12.0. The molecule has 0 amide bonds. The number of carbonyl (C=O) groups excluding carboxylic acids is 1. The molecule has 0 bridgehead atoms. The smallest absolute Gasteiger partial charge is 0.349 e. The van der Waals surface area contributed by atoms with Gasteiger partial charge in [-0.15, -0.1) is 11.5 Å². The Hall–Kier alpha value is -1.93. The van der Waals surface area contributed by atoms with Crippen LogP contribution < -0.4 is 9.47 Å². The van der Waals surface area contributed by atoms with Crippen LogP contribution in [0.15, 0.2) is 18.2 Å². The summed E-state index contributed by atoms with van der Waals surface area (Å²) in [6, 6.07) is 5.71. The summed E-state index contributed by atoms with van der Waals surface area (Å²) in [5, 5.41) is 0. The van der Waals surface area contributed by atoms with Crippen molar-refractivity contribution >= 4 is 14.0 Å². The summed E-state index contributed by atoms with van der Waals surface area (Å²) < 4.78 is 17.0. The fourth-order valence-corrected chi connectivity index (χ4v) is 3.35. The monoisotopic (exact) mass is 402 g/mol. The van der Waals surface area contributed by atoms with E-state index in [0.29, 0.717) is 19.0 Å².